The summed E-state index contributed by atoms with van der Waals surface area (Å²) in [5.74, 6) is -0.841. The molecular weight excluding hydrogens is 180 g/mol. The first-order chi connectivity index (χ1) is 6.57. The van der Waals surface area contributed by atoms with Gasteiger partial charge < -0.3 is 9.84 Å². The van der Waals surface area contributed by atoms with Crippen LogP contribution >= 0.6 is 0 Å². The van der Waals surface area contributed by atoms with Crippen LogP contribution in [0.1, 0.15) is 46.5 Å². The average Bonchev–Trinajstić information content (AvgIpc) is 2.10. The lowest BCUT2D eigenvalue weighted by molar-refractivity contribution is -0.142. The first-order valence-electron chi connectivity index (χ1n) is 5.42. The summed E-state index contributed by atoms with van der Waals surface area (Å²) in [6.45, 7) is 6.68. The summed E-state index contributed by atoms with van der Waals surface area (Å²) >= 11 is 0. The zero-order chi connectivity index (χ0) is 11.0. The minimum absolute atomic E-state index is 0.172. The van der Waals surface area contributed by atoms with Crippen LogP contribution in [-0.4, -0.2) is 23.8 Å². The fraction of sp³-hybridized carbons (Fsp3) is 0.909. The molecule has 0 fully saturated rings. The van der Waals surface area contributed by atoms with Crippen LogP contribution in [0.5, 0.6) is 0 Å². The highest BCUT2D eigenvalue weighted by atomic mass is 16.5. The van der Waals surface area contributed by atoms with Crippen molar-refractivity contribution in [2.75, 3.05) is 6.61 Å². The van der Waals surface area contributed by atoms with Gasteiger partial charge in [-0.15, -0.1) is 0 Å². The van der Waals surface area contributed by atoms with E-state index in [0.717, 1.165) is 32.3 Å². The average molecular weight is 202 g/mol. The second kappa shape index (κ2) is 7.80. The van der Waals surface area contributed by atoms with Crippen molar-refractivity contribution in [3.63, 3.8) is 0 Å². The number of hydrogen-bond acceptors (Lipinski definition) is 2. The Labute approximate surface area is 86.5 Å². The number of carbonyl (C=O) groups is 1. The third-order valence-electron chi connectivity index (χ3n) is 2.24. The minimum Gasteiger partial charge on any atom is -0.481 e. The number of carboxylic acids is 1. The second-order valence-electron chi connectivity index (χ2n) is 3.86. The minimum atomic E-state index is -0.669. The van der Waals surface area contributed by atoms with Crippen LogP contribution in [0, 0.1) is 5.92 Å². The van der Waals surface area contributed by atoms with E-state index in [4.69, 9.17) is 9.84 Å². The van der Waals surface area contributed by atoms with Crippen molar-refractivity contribution < 1.29 is 14.6 Å². The van der Waals surface area contributed by atoms with Crippen molar-refractivity contribution in [2.45, 2.75) is 52.6 Å². The molecule has 14 heavy (non-hydrogen) atoms. The van der Waals surface area contributed by atoms with E-state index in [0.29, 0.717) is 0 Å². The van der Waals surface area contributed by atoms with E-state index in [2.05, 4.69) is 0 Å². The summed E-state index contributed by atoms with van der Waals surface area (Å²) < 4.78 is 5.37. The molecule has 0 saturated heterocycles. The van der Waals surface area contributed by atoms with Crippen molar-refractivity contribution in [3.05, 3.63) is 0 Å². The highest BCUT2D eigenvalue weighted by Crippen LogP contribution is 2.12. The van der Waals surface area contributed by atoms with Crippen molar-refractivity contribution in [1.82, 2.24) is 0 Å². The lowest BCUT2D eigenvalue weighted by Crippen LogP contribution is -2.12. The van der Waals surface area contributed by atoms with E-state index in [1.54, 1.807) is 0 Å². The van der Waals surface area contributed by atoms with Crippen molar-refractivity contribution in [3.8, 4) is 0 Å². The summed E-state index contributed by atoms with van der Waals surface area (Å²) in [6, 6.07) is 0. The van der Waals surface area contributed by atoms with E-state index >= 15 is 0 Å². The molecule has 1 N–H and O–H groups in total. The number of carboxylic acid groups (broad SMARTS) is 1. The monoisotopic (exact) mass is 202 g/mol. The Morgan fingerprint density at radius 1 is 1.36 bits per heavy atom. The quantitative estimate of drug-likeness (QED) is 0.615. The molecule has 3 nitrogen and oxygen atoms in total. The van der Waals surface area contributed by atoms with Crippen LogP contribution in [0.2, 0.25) is 0 Å². The van der Waals surface area contributed by atoms with E-state index in [1.165, 1.54) is 0 Å². The van der Waals surface area contributed by atoms with Gasteiger partial charge in [-0.2, -0.15) is 0 Å². The molecule has 0 amide bonds. The second-order valence-corrected chi connectivity index (χ2v) is 3.86. The summed E-state index contributed by atoms with van der Waals surface area (Å²) in [7, 11) is 0. The molecule has 1 unspecified atom stereocenters. The first kappa shape index (κ1) is 13.4. The van der Waals surface area contributed by atoms with Gasteiger partial charge in [0.25, 0.3) is 0 Å². The van der Waals surface area contributed by atoms with E-state index in [-0.39, 0.29) is 12.0 Å². The Kier molecular flexibility index (Phi) is 7.48. The first-order valence-corrected chi connectivity index (χ1v) is 5.42. The molecule has 0 bridgehead atoms. The van der Waals surface area contributed by atoms with Crippen molar-refractivity contribution in [2.24, 2.45) is 5.92 Å². The molecule has 0 aliphatic carbocycles. The topological polar surface area (TPSA) is 46.5 Å². The Balaban J connectivity index is 3.38. The maximum atomic E-state index is 10.7. The van der Waals surface area contributed by atoms with Gasteiger partial charge in [0.05, 0.1) is 12.0 Å². The van der Waals surface area contributed by atoms with Crippen LogP contribution < -0.4 is 0 Å². The Hall–Kier alpha value is -0.570. The molecule has 0 heterocycles. The van der Waals surface area contributed by atoms with E-state index in [9.17, 15) is 4.79 Å². The number of hydrogen-bond donors (Lipinski definition) is 1. The zero-order valence-corrected chi connectivity index (χ0v) is 9.45. The smallest absolute Gasteiger partial charge is 0.306 e. The van der Waals surface area contributed by atoms with Crippen molar-refractivity contribution >= 4 is 5.97 Å². The highest BCUT2D eigenvalue weighted by molar-refractivity contribution is 5.69. The normalized spacial score (nSPS) is 13.1. The molecule has 0 aromatic carbocycles. The predicted octanol–water partition coefficient (Wildman–Crippen LogP) is 2.69. The Bertz CT molecular complexity index is 155. The molecule has 0 saturated carbocycles. The fourth-order valence-corrected chi connectivity index (χ4v) is 1.31. The molecular formula is C11H22O3. The largest absolute Gasteiger partial charge is 0.481 e. The van der Waals surface area contributed by atoms with Gasteiger partial charge in [-0.25, -0.2) is 0 Å². The lowest BCUT2D eigenvalue weighted by atomic mass is 10.00. The molecule has 3 heteroatoms. The summed E-state index contributed by atoms with van der Waals surface area (Å²) in [5.41, 5.74) is 0. The molecule has 0 spiro atoms. The molecule has 84 valence electrons. The van der Waals surface area contributed by atoms with Crippen LogP contribution in [0.4, 0.5) is 0 Å². The van der Waals surface area contributed by atoms with Crippen molar-refractivity contribution in [1.29, 1.82) is 0 Å². The molecule has 1 atom stereocenters. The summed E-state index contributed by atoms with van der Waals surface area (Å²) in [5, 5.41) is 8.79. The van der Waals surface area contributed by atoms with E-state index in [1.807, 2.05) is 20.8 Å². The molecule has 0 rings (SSSR count). The third kappa shape index (κ3) is 6.89. The van der Waals surface area contributed by atoms with Gasteiger partial charge in [-0.1, -0.05) is 13.3 Å². The molecule has 0 aliphatic rings. The van der Waals surface area contributed by atoms with Crippen LogP contribution in [0.15, 0.2) is 0 Å². The fourth-order valence-electron chi connectivity index (χ4n) is 1.31. The molecule has 0 aromatic rings. The molecule has 0 aliphatic heterocycles. The summed E-state index contributed by atoms with van der Waals surface area (Å²) in [4.78, 5) is 10.7. The van der Waals surface area contributed by atoms with Gasteiger partial charge in [-0.05, 0) is 33.1 Å². The maximum Gasteiger partial charge on any atom is 0.306 e. The molecule has 0 aromatic heterocycles. The van der Waals surface area contributed by atoms with Gasteiger partial charge in [-0.3, -0.25) is 4.79 Å². The predicted molar refractivity (Wildman–Crippen MR) is 56.4 cm³/mol. The Morgan fingerprint density at radius 2 is 2.00 bits per heavy atom. The SMILES string of the molecule is CCC(CCCCOC(C)C)C(=O)O. The lowest BCUT2D eigenvalue weighted by Gasteiger charge is -2.10. The Morgan fingerprint density at radius 3 is 2.43 bits per heavy atom. The van der Waals surface area contributed by atoms with Gasteiger partial charge >= 0.3 is 5.97 Å². The highest BCUT2D eigenvalue weighted by Gasteiger charge is 2.13. The van der Waals surface area contributed by atoms with Crippen LogP contribution in [0.25, 0.3) is 0 Å². The van der Waals surface area contributed by atoms with Gasteiger partial charge in [0.15, 0.2) is 0 Å². The van der Waals surface area contributed by atoms with E-state index < -0.39 is 5.97 Å². The number of ether oxygens (including phenoxy) is 1. The number of rotatable bonds is 8. The molecule has 0 radical (unpaired) electrons. The van der Waals surface area contributed by atoms with Crippen LogP contribution in [0.3, 0.4) is 0 Å². The van der Waals surface area contributed by atoms with Gasteiger partial charge in [0.1, 0.15) is 0 Å². The number of aliphatic carboxylic acids is 1. The third-order valence-corrected chi connectivity index (χ3v) is 2.24. The van der Waals surface area contributed by atoms with Gasteiger partial charge in [0, 0.05) is 6.61 Å². The standard InChI is InChI=1S/C11H22O3/c1-4-10(11(12)13)7-5-6-8-14-9(2)3/h9-10H,4-8H2,1-3H3,(H,12,13). The van der Waals surface area contributed by atoms with Crippen LogP contribution in [-0.2, 0) is 9.53 Å². The zero-order valence-electron chi connectivity index (χ0n) is 9.45. The number of unbranched alkanes of at least 4 members (excludes halogenated alkanes) is 1. The van der Waals surface area contributed by atoms with Gasteiger partial charge in [0.2, 0.25) is 0 Å². The summed E-state index contributed by atoms with van der Waals surface area (Å²) in [6.07, 6.45) is 3.67. The maximum absolute atomic E-state index is 10.7.